The number of aromatic hydroxyl groups is 1. The number of benzene rings is 2. The summed E-state index contributed by atoms with van der Waals surface area (Å²) in [6.45, 7) is 0.284. The van der Waals surface area contributed by atoms with Gasteiger partial charge in [0.25, 0.3) is 5.91 Å². The van der Waals surface area contributed by atoms with Crippen LogP contribution < -0.4 is 20.9 Å². The van der Waals surface area contributed by atoms with Gasteiger partial charge in [-0.3, -0.25) is 20.4 Å². The van der Waals surface area contributed by atoms with Crippen LogP contribution in [0.4, 0.5) is 0 Å². The maximum absolute atomic E-state index is 11.9. The third kappa shape index (κ3) is 7.22. The zero-order valence-corrected chi connectivity index (χ0v) is 16.8. The van der Waals surface area contributed by atoms with Gasteiger partial charge < -0.3 is 15.2 Å². The summed E-state index contributed by atoms with van der Waals surface area (Å²) < 4.78 is 5.49. The Hall–Kier alpha value is -2.55. The molecule has 0 spiro atoms. The molecule has 0 heterocycles. The quantitative estimate of drug-likeness (QED) is 0.312. The molecule has 0 atom stereocenters. The topological polar surface area (TPSA) is 99.7 Å². The fourth-order valence-electron chi connectivity index (χ4n) is 2.03. The summed E-state index contributed by atoms with van der Waals surface area (Å²) in [5.74, 6) is -0.262. The number of carbonyl (C=O) groups is 2. The van der Waals surface area contributed by atoms with E-state index in [1.54, 1.807) is 18.2 Å². The standard InChI is InChI=1S/C18H17Cl2N3O4S/c19-12-5-8-15(14(20)10-12)27-9-1-2-16(25)21-18(28)23-22-17(26)11-3-6-13(24)7-4-11/h3-8,10,24H,1-2,9H2,(H,22,26)(H2,21,23,25,28). The highest BCUT2D eigenvalue weighted by Gasteiger charge is 2.08. The second kappa shape index (κ2) is 10.7. The molecule has 2 aromatic carbocycles. The third-order valence-corrected chi connectivity index (χ3v) is 4.11. The Morgan fingerprint density at radius 1 is 1.07 bits per heavy atom. The van der Waals surface area contributed by atoms with E-state index in [9.17, 15) is 14.7 Å². The van der Waals surface area contributed by atoms with Crippen molar-refractivity contribution in [2.45, 2.75) is 12.8 Å². The van der Waals surface area contributed by atoms with E-state index in [1.165, 1.54) is 24.3 Å². The van der Waals surface area contributed by atoms with Crippen LogP contribution in [0.2, 0.25) is 10.0 Å². The first-order valence-electron chi connectivity index (χ1n) is 8.12. The van der Waals surface area contributed by atoms with E-state index in [-0.39, 0.29) is 29.8 Å². The zero-order chi connectivity index (χ0) is 20.5. The van der Waals surface area contributed by atoms with Gasteiger partial charge >= 0.3 is 0 Å². The van der Waals surface area contributed by atoms with Crippen LogP contribution in [0.25, 0.3) is 0 Å². The van der Waals surface area contributed by atoms with Crippen molar-refractivity contribution in [3.8, 4) is 11.5 Å². The molecule has 28 heavy (non-hydrogen) atoms. The average molecular weight is 442 g/mol. The summed E-state index contributed by atoms with van der Waals surface area (Å²) in [4.78, 5) is 23.7. The summed E-state index contributed by atoms with van der Waals surface area (Å²) in [6.07, 6.45) is 0.603. The van der Waals surface area contributed by atoms with Gasteiger partial charge in [-0.15, -0.1) is 0 Å². The van der Waals surface area contributed by atoms with E-state index in [1.807, 2.05) is 0 Å². The van der Waals surface area contributed by atoms with Crippen LogP contribution in [0.15, 0.2) is 42.5 Å². The summed E-state index contributed by atoms with van der Waals surface area (Å²) >= 11 is 16.7. The molecule has 0 radical (unpaired) electrons. The Kier molecular flexibility index (Phi) is 8.31. The molecule has 2 rings (SSSR count). The van der Waals surface area contributed by atoms with Crippen molar-refractivity contribution in [3.63, 3.8) is 0 Å². The Morgan fingerprint density at radius 3 is 2.46 bits per heavy atom. The minimum Gasteiger partial charge on any atom is -0.508 e. The Bertz CT molecular complexity index is 862. The van der Waals surface area contributed by atoms with Crippen molar-refractivity contribution in [2.24, 2.45) is 0 Å². The van der Waals surface area contributed by atoms with E-state index in [0.29, 0.717) is 27.8 Å². The molecule has 2 aromatic rings. The molecule has 0 bridgehead atoms. The van der Waals surface area contributed by atoms with Gasteiger partial charge in [-0.25, -0.2) is 0 Å². The van der Waals surface area contributed by atoms with E-state index in [2.05, 4.69) is 16.2 Å². The van der Waals surface area contributed by atoms with Crippen LogP contribution in [-0.4, -0.2) is 28.6 Å². The Labute approximate surface area is 176 Å². The van der Waals surface area contributed by atoms with Gasteiger partial charge in [0.1, 0.15) is 11.5 Å². The molecular weight excluding hydrogens is 425 g/mol. The van der Waals surface area contributed by atoms with Gasteiger partial charge in [-0.2, -0.15) is 0 Å². The number of ether oxygens (including phenoxy) is 1. The molecule has 0 aliphatic heterocycles. The molecule has 0 fully saturated rings. The zero-order valence-electron chi connectivity index (χ0n) is 14.5. The van der Waals surface area contributed by atoms with Crippen molar-refractivity contribution in [2.75, 3.05) is 6.61 Å². The Morgan fingerprint density at radius 2 is 1.79 bits per heavy atom. The number of nitrogens with one attached hydrogen (secondary N) is 3. The monoisotopic (exact) mass is 441 g/mol. The number of halogens is 2. The molecule has 0 saturated heterocycles. The number of hydrazine groups is 1. The van der Waals surface area contributed by atoms with Crippen molar-refractivity contribution < 1.29 is 19.4 Å². The average Bonchev–Trinajstić information content (AvgIpc) is 2.65. The maximum Gasteiger partial charge on any atom is 0.269 e. The van der Waals surface area contributed by atoms with Gasteiger partial charge in [0.15, 0.2) is 5.11 Å². The number of amides is 2. The van der Waals surface area contributed by atoms with E-state index >= 15 is 0 Å². The molecule has 0 aliphatic carbocycles. The highest BCUT2D eigenvalue weighted by Crippen LogP contribution is 2.27. The number of hydrogen-bond donors (Lipinski definition) is 4. The maximum atomic E-state index is 11.9. The fourth-order valence-corrected chi connectivity index (χ4v) is 2.65. The van der Waals surface area contributed by atoms with Crippen LogP contribution in [0.1, 0.15) is 23.2 Å². The summed E-state index contributed by atoms with van der Waals surface area (Å²) in [5, 5.41) is 12.5. The molecule has 148 valence electrons. The third-order valence-electron chi connectivity index (χ3n) is 3.37. The predicted molar refractivity (Wildman–Crippen MR) is 111 cm³/mol. The highest BCUT2D eigenvalue weighted by atomic mass is 35.5. The second-order valence-corrected chi connectivity index (χ2v) is 6.78. The van der Waals surface area contributed by atoms with Gasteiger partial charge in [0, 0.05) is 17.0 Å². The largest absolute Gasteiger partial charge is 0.508 e. The van der Waals surface area contributed by atoms with Gasteiger partial charge in [-0.05, 0) is 61.1 Å². The van der Waals surface area contributed by atoms with Crippen LogP contribution in [0.3, 0.4) is 0 Å². The minimum absolute atomic E-state index is 0.0428. The number of phenols is 1. The molecule has 2 amide bonds. The minimum atomic E-state index is -0.468. The molecule has 0 aliphatic rings. The Balaban J connectivity index is 1.64. The lowest BCUT2D eigenvalue weighted by Gasteiger charge is -2.11. The predicted octanol–water partition coefficient (Wildman–Crippen LogP) is 3.19. The number of carbonyl (C=O) groups excluding carboxylic acids is 2. The smallest absolute Gasteiger partial charge is 0.269 e. The van der Waals surface area contributed by atoms with Gasteiger partial charge in [0.05, 0.1) is 11.6 Å². The van der Waals surface area contributed by atoms with Crippen LogP contribution in [0.5, 0.6) is 11.5 Å². The molecule has 10 heteroatoms. The first kappa shape index (κ1) is 21.7. The first-order valence-corrected chi connectivity index (χ1v) is 9.28. The molecule has 4 N–H and O–H groups in total. The SMILES string of the molecule is O=C(CCCOc1ccc(Cl)cc1Cl)NC(=S)NNC(=O)c1ccc(O)cc1. The number of hydrogen-bond acceptors (Lipinski definition) is 5. The second-order valence-electron chi connectivity index (χ2n) is 5.53. The summed E-state index contributed by atoms with van der Waals surface area (Å²) in [7, 11) is 0. The molecular formula is C18H17Cl2N3O4S. The van der Waals surface area contributed by atoms with E-state index < -0.39 is 5.91 Å². The van der Waals surface area contributed by atoms with Crippen LogP contribution in [0, 0.1) is 0 Å². The lowest BCUT2D eigenvalue weighted by atomic mass is 10.2. The summed E-state index contributed by atoms with van der Waals surface area (Å²) in [5.41, 5.74) is 5.10. The van der Waals surface area contributed by atoms with Crippen molar-refractivity contribution in [1.29, 1.82) is 0 Å². The molecule has 0 saturated carbocycles. The van der Waals surface area contributed by atoms with Gasteiger partial charge in [0.2, 0.25) is 5.91 Å². The first-order chi connectivity index (χ1) is 13.3. The van der Waals surface area contributed by atoms with Crippen molar-refractivity contribution >= 4 is 52.3 Å². The number of phenolic OH excluding ortho intramolecular Hbond substituents is 1. The van der Waals surface area contributed by atoms with E-state index in [4.69, 9.17) is 40.2 Å². The lowest BCUT2D eigenvalue weighted by Crippen LogP contribution is -2.48. The molecule has 0 aromatic heterocycles. The van der Waals surface area contributed by atoms with Crippen LogP contribution >= 0.6 is 35.4 Å². The molecule has 7 nitrogen and oxygen atoms in total. The lowest BCUT2D eigenvalue weighted by molar-refractivity contribution is -0.119. The summed E-state index contributed by atoms with van der Waals surface area (Å²) in [6, 6.07) is 10.5. The van der Waals surface area contributed by atoms with Crippen molar-refractivity contribution in [1.82, 2.24) is 16.2 Å². The molecule has 0 unspecified atom stereocenters. The van der Waals surface area contributed by atoms with E-state index in [0.717, 1.165) is 0 Å². The van der Waals surface area contributed by atoms with Gasteiger partial charge in [-0.1, -0.05) is 23.2 Å². The highest BCUT2D eigenvalue weighted by molar-refractivity contribution is 7.80. The number of thiocarbonyl (C=S) groups is 1. The fraction of sp³-hybridized carbons (Fsp3) is 0.167. The van der Waals surface area contributed by atoms with Crippen LogP contribution in [-0.2, 0) is 4.79 Å². The normalized spacial score (nSPS) is 10.1. The number of rotatable bonds is 6. The van der Waals surface area contributed by atoms with Crippen molar-refractivity contribution in [3.05, 3.63) is 58.1 Å².